The highest BCUT2D eigenvalue weighted by Gasteiger charge is 2.08. The Labute approximate surface area is 116 Å². The highest BCUT2D eigenvalue weighted by Crippen LogP contribution is 2.16. The van der Waals surface area contributed by atoms with E-state index in [4.69, 9.17) is 11.6 Å². The largest absolute Gasteiger partial charge is 0.377 e. The first-order valence-corrected chi connectivity index (χ1v) is 6.47. The summed E-state index contributed by atoms with van der Waals surface area (Å²) in [5, 5.41) is 11.5. The highest BCUT2D eigenvalue weighted by atomic mass is 35.5. The first-order valence-electron chi connectivity index (χ1n) is 6.10. The number of anilines is 1. The van der Waals surface area contributed by atoms with Crippen LogP contribution in [0.3, 0.4) is 0 Å². The Bertz CT molecular complexity index is 619. The van der Waals surface area contributed by atoms with Gasteiger partial charge in [-0.2, -0.15) is 10.2 Å². The summed E-state index contributed by atoms with van der Waals surface area (Å²) < 4.78 is 3.09. The van der Waals surface area contributed by atoms with Crippen LogP contribution in [0.1, 0.15) is 19.0 Å². The first kappa shape index (κ1) is 13.6. The van der Waals surface area contributed by atoms with Gasteiger partial charge >= 0.3 is 0 Å². The molecule has 0 spiro atoms. The van der Waals surface area contributed by atoms with Gasteiger partial charge < -0.3 is 5.32 Å². The lowest BCUT2D eigenvalue weighted by Crippen LogP contribution is -2.24. The second-order valence-electron chi connectivity index (χ2n) is 4.23. The van der Waals surface area contributed by atoms with Crippen LogP contribution in [0.15, 0.2) is 23.3 Å². The quantitative estimate of drug-likeness (QED) is 0.905. The maximum Gasteiger partial charge on any atom is 0.287 e. The smallest absolute Gasteiger partial charge is 0.287 e. The van der Waals surface area contributed by atoms with E-state index in [1.807, 2.05) is 26.2 Å². The predicted octanol–water partition coefficient (Wildman–Crippen LogP) is 1.65. The lowest BCUT2D eigenvalue weighted by Gasteiger charge is -2.08. The molecule has 0 atom stereocenters. The molecule has 2 aromatic heterocycles. The van der Waals surface area contributed by atoms with Crippen molar-refractivity contribution in [2.75, 3.05) is 5.32 Å². The van der Waals surface area contributed by atoms with E-state index in [-0.39, 0.29) is 10.6 Å². The molecule has 0 saturated carbocycles. The van der Waals surface area contributed by atoms with E-state index >= 15 is 0 Å². The minimum absolute atomic E-state index is 0.166. The molecule has 0 bridgehead atoms. The molecule has 0 unspecified atom stereocenters. The molecule has 2 rings (SSSR count). The highest BCUT2D eigenvalue weighted by molar-refractivity contribution is 6.32. The minimum Gasteiger partial charge on any atom is -0.377 e. The lowest BCUT2D eigenvalue weighted by molar-refractivity contribution is 0.568. The van der Waals surface area contributed by atoms with Crippen LogP contribution in [0.4, 0.5) is 5.69 Å². The third-order valence-corrected chi connectivity index (χ3v) is 3.01. The van der Waals surface area contributed by atoms with Crippen LogP contribution in [0, 0.1) is 0 Å². The summed E-state index contributed by atoms with van der Waals surface area (Å²) >= 11 is 6.04. The van der Waals surface area contributed by atoms with Crippen LogP contribution in [-0.4, -0.2) is 19.6 Å². The second-order valence-corrected chi connectivity index (χ2v) is 4.61. The molecule has 102 valence electrons. The Morgan fingerprint density at radius 3 is 2.89 bits per heavy atom. The van der Waals surface area contributed by atoms with Crippen LogP contribution >= 0.6 is 11.6 Å². The summed E-state index contributed by atoms with van der Waals surface area (Å²) in [5.74, 6) is 0. The van der Waals surface area contributed by atoms with Crippen LogP contribution in [0.2, 0.25) is 5.02 Å². The van der Waals surface area contributed by atoms with Crippen molar-refractivity contribution in [1.82, 2.24) is 19.6 Å². The van der Waals surface area contributed by atoms with Gasteiger partial charge in [0, 0.05) is 19.8 Å². The molecule has 6 nitrogen and oxygen atoms in total. The lowest BCUT2D eigenvalue weighted by atomic mass is 10.4. The van der Waals surface area contributed by atoms with Gasteiger partial charge in [0.25, 0.3) is 5.56 Å². The third kappa shape index (κ3) is 3.14. The number of aryl methyl sites for hydroxylation is 2. The van der Waals surface area contributed by atoms with Gasteiger partial charge in [-0.05, 0) is 12.5 Å². The van der Waals surface area contributed by atoms with Crippen LogP contribution in [0.5, 0.6) is 0 Å². The molecular weight excluding hydrogens is 266 g/mol. The molecule has 7 heteroatoms. The normalized spacial score (nSPS) is 10.7. The Hall–Kier alpha value is -1.82. The number of rotatable bonds is 5. The maximum absolute atomic E-state index is 11.9. The van der Waals surface area contributed by atoms with Gasteiger partial charge in [0.15, 0.2) is 0 Å². The summed E-state index contributed by atoms with van der Waals surface area (Å²) in [6.07, 6.45) is 4.27. The minimum atomic E-state index is -0.269. The average molecular weight is 282 g/mol. The number of nitrogens with one attached hydrogen (secondary N) is 1. The number of hydrogen-bond donors (Lipinski definition) is 1. The molecule has 2 heterocycles. The molecule has 0 fully saturated rings. The summed E-state index contributed by atoms with van der Waals surface area (Å²) in [7, 11) is 1.85. The number of halogens is 1. The van der Waals surface area contributed by atoms with Gasteiger partial charge in [0.2, 0.25) is 0 Å². The fourth-order valence-electron chi connectivity index (χ4n) is 1.70. The standard InChI is InChI=1S/C12H16ClN5O/c1-3-5-18-12(19)11(13)10(8-15-18)14-7-9-4-6-17(2)16-9/h4,6,8,14H,3,5,7H2,1-2H3. The maximum atomic E-state index is 11.9. The van der Waals surface area contributed by atoms with Crippen molar-refractivity contribution in [2.24, 2.45) is 7.05 Å². The van der Waals surface area contributed by atoms with Crippen molar-refractivity contribution in [3.05, 3.63) is 39.5 Å². The molecule has 0 aliphatic rings. The molecule has 0 radical (unpaired) electrons. The van der Waals surface area contributed by atoms with Gasteiger partial charge in [0.05, 0.1) is 24.1 Å². The van der Waals surface area contributed by atoms with E-state index in [1.165, 1.54) is 4.68 Å². The van der Waals surface area contributed by atoms with Gasteiger partial charge in [-0.25, -0.2) is 4.68 Å². The predicted molar refractivity (Wildman–Crippen MR) is 74.3 cm³/mol. The number of hydrogen-bond acceptors (Lipinski definition) is 4. The van der Waals surface area contributed by atoms with Gasteiger partial charge in [-0.3, -0.25) is 9.48 Å². The van der Waals surface area contributed by atoms with Crippen molar-refractivity contribution >= 4 is 17.3 Å². The van der Waals surface area contributed by atoms with Crippen molar-refractivity contribution < 1.29 is 0 Å². The van der Waals surface area contributed by atoms with Crippen molar-refractivity contribution in [2.45, 2.75) is 26.4 Å². The molecule has 0 aliphatic carbocycles. The van der Waals surface area contributed by atoms with E-state index in [9.17, 15) is 4.79 Å². The molecule has 0 saturated heterocycles. The molecule has 0 aromatic carbocycles. The second kappa shape index (κ2) is 5.88. The fourth-order valence-corrected chi connectivity index (χ4v) is 1.92. The summed E-state index contributed by atoms with van der Waals surface area (Å²) in [6.45, 7) is 3.05. The Morgan fingerprint density at radius 1 is 1.47 bits per heavy atom. The Balaban J connectivity index is 2.13. The van der Waals surface area contributed by atoms with E-state index in [2.05, 4.69) is 15.5 Å². The van der Waals surface area contributed by atoms with E-state index < -0.39 is 0 Å². The summed E-state index contributed by atoms with van der Waals surface area (Å²) in [5.41, 5.74) is 1.13. The number of aromatic nitrogens is 4. The fraction of sp³-hybridized carbons (Fsp3) is 0.417. The topological polar surface area (TPSA) is 64.7 Å². The third-order valence-electron chi connectivity index (χ3n) is 2.65. The zero-order valence-electron chi connectivity index (χ0n) is 10.9. The van der Waals surface area contributed by atoms with E-state index in [1.54, 1.807) is 10.9 Å². The van der Waals surface area contributed by atoms with Crippen LogP contribution in [0.25, 0.3) is 0 Å². The van der Waals surface area contributed by atoms with Crippen molar-refractivity contribution in [1.29, 1.82) is 0 Å². The van der Waals surface area contributed by atoms with Crippen LogP contribution < -0.4 is 10.9 Å². The summed E-state index contributed by atoms with van der Waals surface area (Å²) in [4.78, 5) is 11.9. The molecular formula is C12H16ClN5O. The molecule has 1 N–H and O–H groups in total. The van der Waals surface area contributed by atoms with Crippen molar-refractivity contribution in [3.8, 4) is 0 Å². The van der Waals surface area contributed by atoms with E-state index in [0.717, 1.165) is 12.1 Å². The van der Waals surface area contributed by atoms with Gasteiger partial charge in [-0.15, -0.1) is 0 Å². The Kier molecular flexibility index (Phi) is 4.21. The average Bonchev–Trinajstić information content (AvgIpc) is 2.80. The monoisotopic (exact) mass is 281 g/mol. The van der Waals surface area contributed by atoms with Gasteiger partial charge in [-0.1, -0.05) is 18.5 Å². The zero-order valence-corrected chi connectivity index (χ0v) is 11.7. The summed E-state index contributed by atoms with van der Waals surface area (Å²) in [6, 6.07) is 1.90. The zero-order chi connectivity index (χ0) is 13.8. The van der Waals surface area contributed by atoms with Gasteiger partial charge in [0.1, 0.15) is 5.02 Å². The van der Waals surface area contributed by atoms with Crippen molar-refractivity contribution in [3.63, 3.8) is 0 Å². The van der Waals surface area contributed by atoms with E-state index in [0.29, 0.717) is 18.8 Å². The molecule has 0 aliphatic heterocycles. The van der Waals surface area contributed by atoms with Crippen LogP contribution in [-0.2, 0) is 20.1 Å². The molecule has 2 aromatic rings. The Morgan fingerprint density at radius 2 is 2.26 bits per heavy atom. The first-order chi connectivity index (χ1) is 9.11. The number of nitrogens with zero attached hydrogens (tertiary/aromatic N) is 4. The molecule has 19 heavy (non-hydrogen) atoms. The molecule has 0 amide bonds. The SMILES string of the molecule is CCCn1ncc(NCc2ccn(C)n2)c(Cl)c1=O.